The number of pyridine rings is 1. The van der Waals surface area contributed by atoms with E-state index in [9.17, 15) is 13.6 Å². The van der Waals surface area contributed by atoms with Crippen LogP contribution >= 0.6 is 11.6 Å². The highest BCUT2D eigenvalue weighted by atomic mass is 35.5. The first kappa shape index (κ1) is 20.5. The molecule has 0 radical (unpaired) electrons. The van der Waals surface area contributed by atoms with E-state index in [0.29, 0.717) is 29.4 Å². The van der Waals surface area contributed by atoms with Gasteiger partial charge in [0.2, 0.25) is 5.88 Å². The highest BCUT2D eigenvalue weighted by Crippen LogP contribution is 2.34. The van der Waals surface area contributed by atoms with Gasteiger partial charge in [-0.15, -0.1) is 0 Å². The Balaban J connectivity index is 1.88. The lowest BCUT2D eigenvalue weighted by Crippen LogP contribution is -2.30. The Morgan fingerprint density at radius 3 is 2.68 bits per heavy atom. The molecule has 1 aliphatic rings. The van der Waals surface area contributed by atoms with Crippen molar-refractivity contribution >= 4 is 23.1 Å². The van der Waals surface area contributed by atoms with Crippen LogP contribution in [0.5, 0.6) is 5.88 Å². The van der Waals surface area contributed by atoms with Gasteiger partial charge in [0.25, 0.3) is 5.56 Å². The molecule has 0 amide bonds. The zero-order valence-electron chi connectivity index (χ0n) is 15.7. The van der Waals surface area contributed by atoms with Gasteiger partial charge in [0.15, 0.2) is 5.82 Å². The number of hydrogen-bond acceptors (Lipinski definition) is 6. The summed E-state index contributed by atoms with van der Waals surface area (Å²) in [7, 11) is 1.62. The van der Waals surface area contributed by atoms with Crippen LogP contribution in [-0.2, 0) is 11.3 Å². The maximum Gasteiger partial charge on any atom is 0.388 e. The Labute approximate surface area is 165 Å². The zero-order valence-corrected chi connectivity index (χ0v) is 16.5. The van der Waals surface area contributed by atoms with E-state index in [0.717, 1.165) is 12.8 Å². The second-order valence-electron chi connectivity index (χ2n) is 6.73. The third-order valence-electron chi connectivity index (χ3n) is 4.58. The molecule has 2 aromatic heterocycles. The Kier molecular flexibility index (Phi) is 6.14. The summed E-state index contributed by atoms with van der Waals surface area (Å²) in [6.07, 6.45) is 3.56. The van der Waals surface area contributed by atoms with E-state index in [1.165, 1.54) is 10.8 Å². The Morgan fingerprint density at radius 1 is 1.36 bits per heavy atom. The van der Waals surface area contributed by atoms with Crippen molar-refractivity contribution in [3.05, 3.63) is 39.0 Å². The number of rotatable bonds is 8. The largest absolute Gasteiger partial charge is 0.417 e. The molecule has 3 rings (SSSR count). The molecule has 1 atom stereocenters. The van der Waals surface area contributed by atoms with E-state index >= 15 is 0 Å². The number of aromatic nitrogens is 3. The number of aryl methyl sites for hydroxylation is 2. The number of methoxy groups -OCH3 is 1. The van der Waals surface area contributed by atoms with Gasteiger partial charge in [0.05, 0.1) is 24.0 Å². The summed E-state index contributed by atoms with van der Waals surface area (Å²) >= 11 is 6.09. The van der Waals surface area contributed by atoms with Gasteiger partial charge >= 0.3 is 6.61 Å². The van der Waals surface area contributed by atoms with Crippen LogP contribution in [0, 0.1) is 19.8 Å². The van der Waals surface area contributed by atoms with E-state index in [1.807, 2.05) is 0 Å². The van der Waals surface area contributed by atoms with Gasteiger partial charge in [-0.25, -0.2) is 9.97 Å². The molecule has 0 spiro atoms. The summed E-state index contributed by atoms with van der Waals surface area (Å²) in [6.45, 7) is 0.593. The number of hydrogen-bond donors (Lipinski definition) is 1. The van der Waals surface area contributed by atoms with Gasteiger partial charge in [-0.3, -0.25) is 4.79 Å². The van der Waals surface area contributed by atoms with Crippen LogP contribution in [0.25, 0.3) is 0 Å². The van der Waals surface area contributed by atoms with Crippen LogP contribution in [-0.4, -0.2) is 34.4 Å². The van der Waals surface area contributed by atoms with E-state index < -0.39 is 6.61 Å². The first-order valence-electron chi connectivity index (χ1n) is 8.78. The van der Waals surface area contributed by atoms with Gasteiger partial charge in [-0.2, -0.15) is 8.78 Å². The van der Waals surface area contributed by atoms with Crippen molar-refractivity contribution in [1.29, 1.82) is 0 Å². The van der Waals surface area contributed by atoms with Gasteiger partial charge in [0.1, 0.15) is 5.15 Å². The van der Waals surface area contributed by atoms with Gasteiger partial charge in [0, 0.05) is 18.9 Å². The third kappa shape index (κ3) is 4.77. The van der Waals surface area contributed by atoms with Crippen LogP contribution in [0.1, 0.15) is 24.1 Å². The fraction of sp³-hybridized carbons (Fsp3) is 0.500. The molecule has 2 aromatic rings. The molecule has 10 heteroatoms. The lowest BCUT2D eigenvalue weighted by molar-refractivity contribution is -0.0533. The minimum Gasteiger partial charge on any atom is -0.417 e. The molecular formula is C18H21ClF2N4O3. The molecule has 1 N–H and O–H groups in total. The lowest BCUT2D eigenvalue weighted by atomic mass is 10.2. The topological polar surface area (TPSA) is 78.3 Å². The second-order valence-corrected chi connectivity index (χ2v) is 7.12. The molecule has 1 fully saturated rings. The summed E-state index contributed by atoms with van der Waals surface area (Å²) in [6, 6.07) is 1.56. The third-order valence-corrected chi connectivity index (χ3v) is 4.76. The molecule has 7 nitrogen and oxygen atoms in total. The van der Waals surface area contributed by atoms with Crippen LogP contribution in [0.4, 0.5) is 20.3 Å². The Morgan fingerprint density at radius 2 is 2.07 bits per heavy atom. The number of halogens is 3. The lowest BCUT2D eigenvalue weighted by Gasteiger charge is -2.17. The fourth-order valence-corrected chi connectivity index (χ4v) is 3.15. The smallest absolute Gasteiger partial charge is 0.388 e. The summed E-state index contributed by atoms with van der Waals surface area (Å²) in [4.78, 5) is 20.9. The molecule has 1 saturated carbocycles. The Hall–Kier alpha value is -2.26. The number of ether oxygens (including phenoxy) is 2. The average molecular weight is 415 g/mol. The first-order valence-corrected chi connectivity index (χ1v) is 9.16. The van der Waals surface area contributed by atoms with Crippen molar-refractivity contribution in [2.45, 2.75) is 45.9 Å². The monoisotopic (exact) mass is 414 g/mol. The van der Waals surface area contributed by atoms with Gasteiger partial charge in [-0.1, -0.05) is 11.6 Å². The molecule has 1 unspecified atom stereocenters. The molecule has 0 aliphatic heterocycles. The molecule has 152 valence electrons. The number of nitrogens with zero attached hydrogens (tertiary/aromatic N) is 3. The van der Waals surface area contributed by atoms with Crippen molar-refractivity contribution in [2.24, 2.45) is 5.92 Å². The van der Waals surface area contributed by atoms with E-state index in [-0.39, 0.29) is 28.5 Å². The number of nitrogens with one attached hydrogen (secondary N) is 1. The van der Waals surface area contributed by atoms with Crippen molar-refractivity contribution in [2.75, 3.05) is 12.4 Å². The summed E-state index contributed by atoms with van der Waals surface area (Å²) in [5.74, 6) is 0.295. The summed E-state index contributed by atoms with van der Waals surface area (Å²) in [5.41, 5.74) is 0.853. The van der Waals surface area contributed by atoms with E-state index in [1.54, 1.807) is 27.0 Å². The highest BCUT2D eigenvalue weighted by Gasteiger charge is 2.32. The number of anilines is 2. The van der Waals surface area contributed by atoms with Crippen LogP contribution in [0.2, 0.25) is 5.15 Å². The highest BCUT2D eigenvalue weighted by molar-refractivity contribution is 6.29. The summed E-state index contributed by atoms with van der Waals surface area (Å²) < 4.78 is 36.3. The zero-order chi connectivity index (χ0) is 20.4. The van der Waals surface area contributed by atoms with Crippen LogP contribution in [0.3, 0.4) is 0 Å². The second kappa shape index (κ2) is 8.40. The van der Waals surface area contributed by atoms with Crippen molar-refractivity contribution < 1.29 is 18.3 Å². The fourth-order valence-electron chi connectivity index (χ4n) is 2.94. The summed E-state index contributed by atoms with van der Waals surface area (Å²) in [5, 5.41) is 3.05. The molecule has 0 bridgehead atoms. The van der Waals surface area contributed by atoms with Crippen LogP contribution in [0.15, 0.2) is 17.1 Å². The van der Waals surface area contributed by atoms with Crippen LogP contribution < -0.4 is 15.6 Å². The molecule has 0 aromatic carbocycles. The van der Waals surface area contributed by atoms with Gasteiger partial charge in [-0.05, 0) is 38.7 Å². The SMILES string of the molecule is COC(Cn1cc(Cl)nc(Nc2cc(C)c(OC(F)F)nc2C)c1=O)C1CC1. The molecular weight excluding hydrogens is 394 g/mol. The maximum atomic E-state index is 12.8. The molecule has 2 heterocycles. The standard InChI is InChI=1S/C18H21ClF2N4O3/c1-9-6-12(10(2)22-16(9)28-18(20)21)23-15-17(26)25(8-14(19)24-15)7-13(27-3)11-4-5-11/h6,8,11,13,18H,4-5,7H2,1-3H3,(H,23,24). The average Bonchev–Trinajstić information content (AvgIpc) is 3.45. The van der Waals surface area contributed by atoms with Crippen molar-refractivity contribution in [1.82, 2.24) is 14.5 Å². The van der Waals surface area contributed by atoms with Gasteiger partial charge < -0.3 is 19.4 Å². The normalized spacial score (nSPS) is 15.0. The quantitative estimate of drug-likeness (QED) is 0.710. The first-order chi connectivity index (χ1) is 13.3. The van der Waals surface area contributed by atoms with E-state index in [2.05, 4.69) is 20.0 Å². The van der Waals surface area contributed by atoms with Crippen molar-refractivity contribution in [3.8, 4) is 5.88 Å². The minimum absolute atomic E-state index is 0.0185. The van der Waals surface area contributed by atoms with Crippen molar-refractivity contribution in [3.63, 3.8) is 0 Å². The predicted octanol–water partition coefficient (Wildman–Crippen LogP) is 3.68. The minimum atomic E-state index is -2.97. The molecule has 0 saturated heterocycles. The predicted molar refractivity (Wildman–Crippen MR) is 101 cm³/mol. The maximum absolute atomic E-state index is 12.8. The Bertz CT molecular complexity index is 918. The van der Waals surface area contributed by atoms with E-state index in [4.69, 9.17) is 16.3 Å². The molecule has 1 aliphatic carbocycles. The molecule has 28 heavy (non-hydrogen) atoms. The number of alkyl halides is 2.